The van der Waals surface area contributed by atoms with Crippen LogP contribution in [0.2, 0.25) is 0 Å². The molecule has 1 nitrogen and oxygen atoms in total. The average molecular weight is 249 g/mol. The molecule has 0 saturated carbocycles. The zero-order valence-corrected chi connectivity index (χ0v) is 9.94. The molecule has 0 saturated heterocycles. The van der Waals surface area contributed by atoms with Gasteiger partial charge in [0.2, 0.25) is 0 Å². The molecule has 0 spiro atoms. The lowest BCUT2D eigenvalue weighted by atomic mass is 10.0. The summed E-state index contributed by atoms with van der Waals surface area (Å²) in [6.45, 7) is -0.860. The van der Waals surface area contributed by atoms with E-state index in [9.17, 15) is 8.78 Å². The van der Waals surface area contributed by atoms with Gasteiger partial charge in [0.05, 0.1) is 0 Å². The average Bonchev–Trinajstić information content (AvgIpc) is 2.27. The molecule has 0 atom stereocenters. The van der Waals surface area contributed by atoms with Crippen LogP contribution in [0.1, 0.15) is 24.5 Å². The van der Waals surface area contributed by atoms with Crippen molar-refractivity contribution in [1.82, 2.24) is 0 Å². The van der Waals surface area contributed by atoms with Crippen molar-refractivity contribution < 1.29 is 13.5 Å². The summed E-state index contributed by atoms with van der Waals surface area (Å²) in [6.07, 6.45) is 2.10. The van der Waals surface area contributed by atoms with Crippen molar-refractivity contribution in [3.05, 3.63) is 29.3 Å². The Morgan fingerprint density at radius 2 is 2.00 bits per heavy atom. The van der Waals surface area contributed by atoms with Gasteiger partial charge in [-0.1, -0.05) is 25.1 Å². The summed E-state index contributed by atoms with van der Waals surface area (Å²) in [6, 6.07) is 5.48. The number of halogens is 3. The van der Waals surface area contributed by atoms with Crippen LogP contribution in [-0.2, 0) is 12.8 Å². The van der Waals surface area contributed by atoms with Gasteiger partial charge in [0.15, 0.2) is 0 Å². The van der Waals surface area contributed by atoms with Crippen LogP contribution in [0, 0.1) is 0 Å². The smallest absolute Gasteiger partial charge is 0.387 e. The molecule has 90 valence electrons. The highest BCUT2D eigenvalue weighted by Crippen LogP contribution is 2.27. The Balaban J connectivity index is 2.95. The third-order valence-corrected chi connectivity index (χ3v) is 2.61. The minimum atomic E-state index is -2.78. The molecule has 0 radical (unpaired) electrons. The Bertz CT molecular complexity index is 329. The maximum absolute atomic E-state index is 12.3. The number of aryl methyl sites for hydroxylation is 2. The second-order valence-corrected chi connectivity index (χ2v) is 3.81. The zero-order valence-electron chi connectivity index (χ0n) is 9.18. The summed E-state index contributed by atoms with van der Waals surface area (Å²) in [5.41, 5.74) is 1.62. The van der Waals surface area contributed by atoms with E-state index in [1.54, 1.807) is 0 Å². The van der Waals surface area contributed by atoms with Crippen LogP contribution in [0.25, 0.3) is 0 Å². The maximum atomic E-state index is 12.3. The largest absolute Gasteiger partial charge is 0.434 e. The molecule has 0 aliphatic carbocycles. The van der Waals surface area contributed by atoms with Crippen LogP contribution >= 0.6 is 11.6 Å². The zero-order chi connectivity index (χ0) is 12.0. The molecule has 1 aromatic carbocycles. The molecule has 1 rings (SSSR count). The lowest BCUT2D eigenvalue weighted by molar-refractivity contribution is -0.0510. The first-order valence-corrected chi connectivity index (χ1v) is 5.84. The fraction of sp³-hybridized carbons (Fsp3) is 0.500. The van der Waals surface area contributed by atoms with Gasteiger partial charge in [-0.25, -0.2) is 0 Å². The van der Waals surface area contributed by atoms with Gasteiger partial charge < -0.3 is 4.74 Å². The Morgan fingerprint density at radius 3 is 2.56 bits per heavy atom. The molecule has 4 heteroatoms. The topological polar surface area (TPSA) is 9.23 Å². The Labute approximate surface area is 99.4 Å². The molecule has 0 N–H and O–H groups in total. The minimum absolute atomic E-state index is 0.324. The van der Waals surface area contributed by atoms with E-state index in [0.717, 1.165) is 17.5 Å². The number of hydrogen-bond acceptors (Lipinski definition) is 1. The van der Waals surface area contributed by atoms with E-state index >= 15 is 0 Å². The quantitative estimate of drug-likeness (QED) is 0.691. The summed E-state index contributed by atoms with van der Waals surface area (Å²) >= 11 is 5.59. The standard InChI is InChI=1S/C12H15ClF2O/c1-2-9-5-3-6-10(7-4-8-13)11(9)16-12(14)15/h3,5-6,12H,2,4,7-8H2,1H3. The monoisotopic (exact) mass is 248 g/mol. The first kappa shape index (κ1) is 13.2. The van der Waals surface area contributed by atoms with Gasteiger partial charge in [0.25, 0.3) is 0 Å². The molecule has 0 fully saturated rings. The van der Waals surface area contributed by atoms with Gasteiger partial charge in [-0.15, -0.1) is 11.6 Å². The van der Waals surface area contributed by atoms with Crippen LogP contribution in [-0.4, -0.2) is 12.5 Å². The van der Waals surface area contributed by atoms with Crippen molar-refractivity contribution in [3.63, 3.8) is 0 Å². The highest BCUT2D eigenvalue weighted by atomic mass is 35.5. The first-order chi connectivity index (χ1) is 7.69. The van der Waals surface area contributed by atoms with E-state index in [0.29, 0.717) is 24.5 Å². The predicted molar refractivity (Wildman–Crippen MR) is 61.5 cm³/mol. The van der Waals surface area contributed by atoms with Crippen molar-refractivity contribution in [2.75, 3.05) is 5.88 Å². The molecule has 0 unspecified atom stereocenters. The lowest BCUT2D eigenvalue weighted by Gasteiger charge is -2.14. The molecule has 0 aliphatic rings. The van der Waals surface area contributed by atoms with Gasteiger partial charge in [-0.3, -0.25) is 0 Å². The normalized spacial score (nSPS) is 10.8. The van der Waals surface area contributed by atoms with Crippen molar-refractivity contribution in [3.8, 4) is 5.75 Å². The maximum Gasteiger partial charge on any atom is 0.387 e. The third-order valence-electron chi connectivity index (χ3n) is 2.35. The van der Waals surface area contributed by atoms with Crippen molar-refractivity contribution in [1.29, 1.82) is 0 Å². The van der Waals surface area contributed by atoms with Gasteiger partial charge in [0, 0.05) is 5.88 Å². The molecular weight excluding hydrogens is 234 g/mol. The molecule has 16 heavy (non-hydrogen) atoms. The van der Waals surface area contributed by atoms with E-state index < -0.39 is 6.61 Å². The number of benzene rings is 1. The molecule has 0 bridgehead atoms. The number of rotatable bonds is 6. The van der Waals surface area contributed by atoms with E-state index in [2.05, 4.69) is 4.74 Å². The SMILES string of the molecule is CCc1cccc(CCCCl)c1OC(F)F. The van der Waals surface area contributed by atoms with Gasteiger partial charge >= 0.3 is 6.61 Å². The lowest BCUT2D eigenvalue weighted by Crippen LogP contribution is -2.07. The Kier molecular flexibility index (Phi) is 5.53. The molecule has 0 aromatic heterocycles. The Hall–Kier alpha value is -0.830. The minimum Gasteiger partial charge on any atom is -0.434 e. The van der Waals surface area contributed by atoms with Crippen LogP contribution in [0.3, 0.4) is 0 Å². The van der Waals surface area contributed by atoms with E-state index in [1.165, 1.54) is 0 Å². The van der Waals surface area contributed by atoms with E-state index in [4.69, 9.17) is 11.6 Å². The van der Waals surface area contributed by atoms with Crippen molar-refractivity contribution >= 4 is 11.6 Å². The summed E-state index contributed by atoms with van der Waals surface area (Å²) < 4.78 is 29.2. The van der Waals surface area contributed by atoms with E-state index in [-0.39, 0.29) is 0 Å². The molecule has 1 aromatic rings. The second-order valence-electron chi connectivity index (χ2n) is 3.43. The summed E-state index contributed by atoms with van der Waals surface area (Å²) in [4.78, 5) is 0. The predicted octanol–water partition coefficient (Wildman–Crippen LogP) is 4.02. The second kappa shape index (κ2) is 6.69. The van der Waals surface area contributed by atoms with Gasteiger partial charge in [0.1, 0.15) is 5.75 Å². The number of alkyl halides is 3. The van der Waals surface area contributed by atoms with Crippen LogP contribution < -0.4 is 4.74 Å². The summed E-state index contributed by atoms with van der Waals surface area (Å²) in [7, 11) is 0. The van der Waals surface area contributed by atoms with Gasteiger partial charge in [-0.2, -0.15) is 8.78 Å². The van der Waals surface area contributed by atoms with Crippen LogP contribution in [0.15, 0.2) is 18.2 Å². The molecule has 0 aliphatic heterocycles. The summed E-state index contributed by atoms with van der Waals surface area (Å²) in [5, 5.41) is 0. The molecule has 0 amide bonds. The highest BCUT2D eigenvalue weighted by molar-refractivity contribution is 6.17. The van der Waals surface area contributed by atoms with Crippen molar-refractivity contribution in [2.45, 2.75) is 32.8 Å². The fourth-order valence-corrected chi connectivity index (χ4v) is 1.74. The van der Waals surface area contributed by atoms with Crippen LogP contribution in [0.5, 0.6) is 5.75 Å². The number of hydrogen-bond donors (Lipinski definition) is 0. The molecule has 0 heterocycles. The number of para-hydroxylation sites is 1. The third kappa shape index (κ3) is 3.63. The Morgan fingerprint density at radius 1 is 1.31 bits per heavy atom. The summed E-state index contributed by atoms with van der Waals surface area (Å²) in [5.74, 6) is 0.843. The van der Waals surface area contributed by atoms with Crippen molar-refractivity contribution in [2.24, 2.45) is 0 Å². The fourth-order valence-electron chi connectivity index (χ4n) is 1.61. The highest BCUT2D eigenvalue weighted by Gasteiger charge is 2.13. The number of ether oxygens (including phenoxy) is 1. The van der Waals surface area contributed by atoms with Gasteiger partial charge in [-0.05, 0) is 30.4 Å². The van der Waals surface area contributed by atoms with Crippen LogP contribution in [0.4, 0.5) is 8.78 Å². The molecular formula is C12H15ClF2O. The first-order valence-electron chi connectivity index (χ1n) is 5.30. The van der Waals surface area contributed by atoms with E-state index in [1.807, 2.05) is 25.1 Å².